The third-order valence-electron chi connectivity index (χ3n) is 8.90. The Labute approximate surface area is 282 Å². The zero-order chi connectivity index (χ0) is 34.2. The molecule has 2 aliphatic rings. The van der Waals surface area contributed by atoms with Crippen LogP contribution in [-0.2, 0) is 11.8 Å². The molecule has 3 aromatic heterocycles. The number of nitrogen functional groups attached to an aromatic ring is 1. The van der Waals surface area contributed by atoms with Crippen LogP contribution >= 0.6 is 11.6 Å². The van der Waals surface area contributed by atoms with Crippen molar-refractivity contribution in [3.8, 4) is 34.2 Å². The first-order valence-electron chi connectivity index (χ1n) is 15.8. The Morgan fingerprint density at radius 2 is 1.90 bits per heavy atom. The molecule has 248 valence electrons. The molecule has 48 heavy (non-hydrogen) atoms. The number of benzene rings is 1. The van der Waals surface area contributed by atoms with Gasteiger partial charge in [0.15, 0.2) is 5.83 Å². The number of pyridine rings is 2. The van der Waals surface area contributed by atoms with E-state index in [1.54, 1.807) is 24.4 Å². The first-order chi connectivity index (χ1) is 23.0. The van der Waals surface area contributed by atoms with Gasteiger partial charge in [-0.25, -0.2) is 18.7 Å². The van der Waals surface area contributed by atoms with Crippen molar-refractivity contribution >= 4 is 45.8 Å². The first-order valence-corrected chi connectivity index (χ1v) is 16.2. The van der Waals surface area contributed by atoms with Gasteiger partial charge >= 0.3 is 0 Å². The lowest BCUT2D eigenvalue weighted by atomic mass is 9.96. The Bertz CT molecular complexity index is 2020. The van der Waals surface area contributed by atoms with Gasteiger partial charge in [-0.15, -0.1) is 0 Å². The van der Waals surface area contributed by atoms with E-state index in [1.165, 1.54) is 12.6 Å². The number of aryl methyl sites for hydroxylation is 2. The summed E-state index contributed by atoms with van der Waals surface area (Å²) in [7, 11) is 1.90. The van der Waals surface area contributed by atoms with Gasteiger partial charge in [-0.1, -0.05) is 42.5 Å². The summed E-state index contributed by atoms with van der Waals surface area (Å²) >= 11 is 6.66. The summed E-state index contributed by atoms with van der Waals surface area (Å²) in [6.45, 7) is 7.51. The number of nitrogens with zero attached hydrogens (tertiary/aromatic N) is 4. The van der Waals surface area contributed by atoms with Crippen molar-refractivity contribution in [2.45, 2.75) is 44.7 Å². The summed E-state index contributed by atoms with van der Waals surface area (Å²) in [6.07, 6.45) is 7.59. The minimum absolute atomic E-state index is 0.0208. The quantitative estimate of drug-likeness (QED) is 0.149. The Balaban J connectivity index is 1.48. The van der Waals surface area contributed by atoms with Gasteiger partial charge in [-0.2, -0.15) is 0 Å². The number of hydrogen-bond acceptors (Lipinski definition) is 6. The maximum atomic E-state index is 14.2. The summed E-state index contributed by atoms with van der Waals surface area (Å²) in [5.74, 6) is 4.32. The van der Waals surface area contributed by atoms with Gasteiger partial charge in [0.1, 0.15) is 17.2 Å². The molecule has 4 aromatic rings. The van der Waals surface area contributed by atoms with E-state index >= 15 is 0 Å². The topological polar surface area (TPSA) is 118 Å². The van der Waals surface area contributed by atoms with Gasteiger partial charge in [0.05, 0.1) is 40.3 Å². The average Bonchev–Trinajstić information content (AvgIpc) is 3.72. The first kappa shape index (κ1) is 33.1. The summed E-state index contributed by atoms with van der Waals surface area (Å²) in [4.78, 5) is 36.1. The van der Waals surface area contributed by atoms with Gasteiger partial charge in [0.25, 0.3) is 11.8 Å². The molecule has 0 atom stereocenters. The maximum absolute atomic E-state index is 14.2. The molecule has 1 aliphatic heterocycles. The molecular formula is C36H36ClF2N7O2. The number of alkyl halides is 1. The molecule has 1 saturated heterocycles. The Kier molecular flexibility index (Phi) is 9.23. The highest BCUT2D eigenvalue weighted by molar-refractivity contribution is 6.34. The lowest BCUT2D eigenvalue weighted by Gasteiger charge is -2.23. The van der Waals surface area contributed by atoms with Gasteiger partial charge in [-0.3, -0.25) is 14.5 Å². The summed E-state index contributed by atoms with van der Waals surface area (Å²) in [6, 6.07) is 6.85. The van der Waals surface area contributed by atoms with Gasteiger partial charge in [-0.05, 0) is 69.5 Å². The number of likely N-dealkylation sites (tertiary alicyclic amines) is 1. The second-order valence-electron chi connectivity index (χ2n) is 12.5. The summed E-state index contributed by atoms with van der Waals surface area (Å²) in [5, 5.41) is 5.81. The number of piperidine rings is 1. The van der Waals surface area contributed by atoms with Gasteiger partial charge in [0.2, 0.25) is 0 Å². The van der Waals surface area contributed by atoms with Crippen LogP contribution in [0.2, 0.25) is 5.02 Å². The Morgan fingerprint density at radius 3 is 2.56 bits per heavy atom. The highest BCUT2D eigenvalue weighted by Gasteiger charge is 2.43. The zero-order valence-corrected chi connectivity index (χ0v) is 27.6. The second-order valence-corrected chi connectivity index (χ2v) is 12.9. The molecule has 1 saturated carbocycles. The van der Waals surface area contributed by atoms with E-state index in [9.17, 15) is 18.4 Å². The molecule has 0 spiro atoms. The highest BCUT2D eigenvalue weighted by Crippen LogP contribution is 2.45. The van der Waals surface area contributed by atoms with Crippen LogP contribution < -0.4 is 16.4 Å². The van der Waals surface area contributed by atoms with Crippen LogP contribution in [-0.4, -0.2) is 63.1 Å². The normalized spacial score (nSPS) is 15.4. The molecule has 0 radical (unpaired) electrons. The second kappa shape index (κ2) is 13.4. The summed E-state index contributed by atoms with van der Waals surface area (Å²) < 4.78 is 29.6. The average molecular weight is 672 g/mol. The van der Waals surface area contributed by atoms with Crippen molar-refractivity contribution in [3.63, 3.8) is 0 Å². The molecule has 6 rings (SSSR count). The molecule has 9 nitrogen and oxygen atoms in total. The zero-order valence-electron chi connectivity index (χ0n) is 26.9. The number of anilines is 2. The van der Waals surface area contributed by atoms with E-state index in [1.807, 2.05) is 24.6 Å². The minimum atomic E-state index is -1.37. The summed E-state index contributed by atoms with van der Waals surface area (Å²) in [5.41, 5.74) is 10.5. The van der Waals surface area contributed by atoms with Crippen molar-refractivity contribution in [1.29, 1.82) is 0 Å². The van der Waals surface area contributed by atoms with Crippen LogP contribution in [0.15, 0.2) is 49.1 Å². The SMILES string of the molecule is C=C(F)C(=O)Nc1ccc(-c2c(-c3cnc(C(=O)NCC4(F)CC4)c(Cl)c3)c3c(N)ncc(C#CCN4CCCCC4)c3n2C)c(C)c1. The van der Waals surface area contributed by atoms with Crippen molar-refractivity contribution in [2.24, 2.45) is 7.05 Å². The van der Waals surface area contributed by atoms with Crippen molar-refractivity contribution < 1.29 is 18.4 Å². The fourth-order valence-corrected chi connectivity index (χ4v) is 6.40. The largest absolute Gasteiger partial charge is 0.383 e. The Hall–Kier alpha value is -4.79. The predicted octanol–water partition coefficient (Wildman–Crippen LogP) is 6.34. The molecule has 4 N–H and O–H groups in total. The molecular weight excluding hydrogens is 636 g/mol. The van der Waals surface area contributed by atoms with E-state index in [0.29, 0.717) is 47.2 Å². The number of fused-ring (bicyclic) bond motifs is 1. The lowest BCUT2D eigenvalue weighted by molar-refractivity contribution is -0.114. The number of rotatable bonds is 8. The van der Waals surface area contributed by atoms with Crippen LogP contribution in [0, 0.1) is 18.8 Å². The Morgan fingerprint density at radius 1 is 1.15 bits per heavy atom. The minimum Gasteiger partial charge on any atom is -0.383 e. The van der Waals surface area contributed by atoms with Crippen molar-refractivity contribution in [2.75, 3.05) is 37.2 Å². The van der Waals surface area contributed by atoms with Crippen LogP contribution in [0.4, 0.5) is 20.3 Å². The van der Waals surface area contributed by atoms with Crippen LogP contribution in [0.3, 0.4) is 0 Å². The fraction of sp³-hybridized carbons (Fsp3) is 0.333. The number of nitrogens with two attached hydrogens (primary N) is 1. The predicted molar refractivity (Wildman–Crippen MR) is 185 cm³/mol. The monoisotopic (exact) mass is 671 g/mol. The van der Waals surface area contributed by atoms with Crippen LogP contribution in [0.1, 0.15) is 53.7 Å². The molecule has 0 bridgehead atoms. The number of hydrogen-bond donors (Lipinski definition) is 3. The molecule has 1 aromatic carbocycles. The molecule has 2 fully saturated rings. The molecule has 1 aliphatic carbocycles. The third kappa shape index (κ3) is 6.77. The number of aromatic nitrogens is 3. The van der Waals surface area contributed by atoms with E-state index in [2.05, 4.69) is 43.9 Å². The number of carbonyl (C=O) groups is 2. The van der Waals surface area contributed by atoms with Crippen LogP contribution in [0.5, 0.6) is 0 Å². The lowest BCUT2D eigenvalue weighted by Crippen LogP contribution is -2.31. The van der Waals surface area contributed by atoms with Crippen molar-refractivity contribution in [1.82, 2.24) is 24.8 Å². The third-order valence-corrected chi connectivity index (χ3v) is 9.19. The molecule has 2 amide bonds. The molecule has 4 heterocycles. The van der Waals surface area contributed by atoms with E-state index in [0.717, 1.165) is 48.3 Å². The highest BCUT2D eigenvalue weighted by atomic mass is 35.5. The molecule has 12 heteroatoms. The number of halogens is 3. The van der Waals surface area contributed by atoms with Gasteiger partial charge in [0, 0.05) is 41.8 Å². The van der Waals surface area contributed by atoms with E-state index in [-0.39, 0.29) is 23.1 Å². The van der Waals surface area contributed by atoms with Gasteiger partial charge < -0.3 is 20.9 Å². The van der Waals surface area contributed by atoms with E-state index < -0.39 is 23.3 Å². The number of nitrogens with one attached hydrogen (secondary N) is 2. The fourth-order valence-electron chi connectivity index (χ4n) is 6.14. The molecule has 0 unspecified atom stereocenters. The maximum Gasteiger partial charge on any atom is 0.283 e. The van der Waals surface area contributed by atoms with E-state index in [4.69, 9.17) is 17.3 Å². The van der Waals surface area contributed by atoms with Crippen molar-refractivity contribution in [3.05, 3.63) is 70.9 Å². The number of amides is 2. The smallest absolute Gasteiger partial charge is 0.283 e. The standard InChI is InChI=1S/C36H36ClF2N7O2/c1-21-16-25(44-34(47)22(2)38)9-10-26(21)32-28(24-17-27(37)30(41-19-24)35(48)43-20-36(39)11-12-36)29-31(45(32)3)23(18-42-33(29)40)8-7-15-46-13-5-4-6-14-46/h9-10,16-19H,2,4-6,11-15,20H2,1,3H3,(H2,40,42)(H,43,48)(H,44,47). The number of carbonyl (C=O) groups excluding carboxylic acids is 2. The van der Waals surface area contributed by atoms with Crippen LogP contribution in [0.25, 0.3) is 33.3 Å².